The zero-order valence-electron chi connectivity index (χ0n) is 12.0. The van der Waals surface area contributed by atoms with Gasteiger partial charge in [0.15, 0.2) is 9.84 Å². The maximum atomic E-state index is 12.2. The fraction of sp³-hybridized carbons (Fsp3) is 0.923. The number of nitrogens with zero attached hydrogens (tertiary/aromatic N) is 1. The number of hydrogen-bond donors (Lipinski definition) is 1. The average Bonchev–Trinajstić information content (AvgIpc) is 2.48. The Hall–Kier alpha value is -0.620. The molecule has 1 heterocycles. The van der Waals surface area contributed by atoms with Gasteiger partial charge in [-0.15, -0.1) is 0 Å². The van der Waals surface area contributed by atoms with E-state index in [4.69, 9.17) is 5.73 Å². The Morgan fingerprint density at radius 3 is 2.53 bits per heavy atom. The summed E-state index contributed by atoms with van der Waals surface area (Å²) in [6.07, 6.45) is 1.93. The van der Waals surface area contributed by atoms with E-state index in [1.54, 1.807) is 4.90 Å². The normalized spacial score (nSPS) is 21.2. The van der Waals surface area contributed by atoms with Gasteiger partial charge in [-0.25, -0.2) is 8.42 Å². The van der Waals surface area contributed by atoms with Crippen molar-refractivity contribution in [1.29, 1.82) is 0 Å². The average molecular weight is 290 g/mol. The van der Waals surface area contributed by atoms with Crippen molar-refractivity contribution in [3.63, 3.8) is 0 Å². The maximum Gasteiger partial charge on any atom is 0.222 e. The first kappa shape index (κ1) is 16.4. The summed E-state index contributed by atoms with van der Waals surface area (Å²) in [6.45, 7) is 5.63. The van der Waals surface area contributed by atoms with Crippen molar-refractivity contribution in [3.8, 4) is 0 Å². The van der Waals surface area contributed by atoms with Crippen LogP contribution in [0, 0.1) is 11.8 Å². The summed E-state index contributed by atoms with van der Waals surface area (Å²) in [6, 6.07) is 0. The zero-order valence-corrected chi connectivity index (χ0v) is 12.8. The molecule has 0 saturated carbocycles. The van der Waals surface area contributed by atoms with E-state index < -0.39 is 9.84 Å². The van der Waals surface area contributed by atoms with Gasteiger partial charge in [0.2, 0.25) is 5.91 Å². The fourth-order valence-corrected chi connectivity index (χ4v) is 3.77. The Balaban J connectivity index is 2.52. The van der Waals surface area contributed by atoms with Crippen LogP contribution in [0.2, 0.25) is 0 Å². The summed E-state index contributed by atoms with van der Waals surface area (Å²) in [5, 5.41) is 0. The Bertz CT molecular complexity index is 393. The number of carbonyl (C=O) groups excluding carboxylic acids is 1. The van der Waals surface area contributed by atoms with Crippen molar-refractivity contribution in [2.75, 3.05) is 31.1 Å². The molecule has 1 fully saturated rings. The van der Waals surface area contributed by atoms with E-state index in [2.05, 4.69) is 13.8 Å². The van der Waals surface area contributed by atoms with E-state index in [9.17, 15) is 13.2 Å². The van der Waals surface area contributed by atoms with Gasteiger partial charge in [-0.3, -0.25) is 4.79 Å². The molecule has 112 valence electrons. The molecule has 1 aliphatic rings. The SMILES string of the molecule is CC(C)CC(CN)CC(=O)N1CCCS(=O)(=O)CC1. The number of rotatable bonds is 5. The standard InChI is InChI=1S/C13H26N2O3S/c1-11(2)8-12(10-14)9-13(16)15-4-3-6-19(17,18)7-5-15/h11-12H,3-10,14H2,1-2H3. The number of nitrogens with two attached hydrogens (primary N) is 1. The molecular formula is C13H26N2O3S. The van der Waals surface area contributed by atoms with Crippen LogP contribution in [0.1, 0.15) is 33.1 Å². The van der Waals surface area contributed by atoms with Crippen molar-refractivity contribution in [2.45, 2.75) is 33.1 Å². The molecule has 0 radical (unpaired) electrons. The Kier molecular flexibility index (Phi) is 6.26. The van der Waals surface area contributed by atoms with Crippen molar-refractivity contribution >= 4 is 15.7 Å². The summed E-state index contributed by atoms with van der Waals surface area (Å²) in [7, 11) is -2.96. The van der Waals surface area contributed by atoms with Gasteiger partial charge in [0.25, 0.3) is 0 Å². The third-order valence-electron chi connectivity index (χ3n) is 3.51. The highest BCUT2D eigenvalue weighted by molar-refractivity contribution is 7.91. The molecular weight excluding hydrogens is 264 g/mol. The molecule has 0 aromatic heterocycles. The van der Waals surface area contributed by atoms with Crippen LogP contribution >= 0.6 is 0 Å². The van der Waals surface area contributed by atoms with Crippen LogP contribution in [0.15, 0.2) is 0 Å². The first-order valence-electron chi connectivity index (χ1n) is 7.02. The lowest BCUT2D eigenvalue weighted by Gasteiger charge is -2.23. The van der Waals surface area contributed by atoms with Gasteiger partial charge >= 0.3 is 0 Å². The predicted molar refractivity (Wildman–Crippen MR) is 76.5 cm³/mol. The van der Waals surface area contributed by atoms with Crippen LogP contribution in [-0.2, 0) is 14.6 Å². The lowest BCUT2D eigenvalue weighted by molar-refractivity contribution is -0.132. The number of hydrogen-bond acceptors (Lipinski definition) is 4. The van der Waals surface area contributed by atoms with E-state index in [1.807, 2.05) is 0 Å². The monoisotopic (exact) mass is 290 g/mol. The van der Waals surface area contributed by atoms with Crippen molar-refractivity contribution in [3.05, 3.63) is 0 Å². The van der Waals surface area contributed by atoms with Gasteiger partial charge in [-0.1, -0.05) is 13.8 Å². The maximum absolute atomic E-state index is 12.2. The molecule has 2 N–H and O–H groups in total. The third kappa shape index (κ3) is 5.91. The second kappa shape index (κ2) is 7.24. The van der Waals surface area contributed by atoms with Crippen LogP contribution < -0.4 is 5.73 Å². The molecule has 0 aliphatic carbocycles. The quantitative estimate of drug-likeness (QED) is 0.806. The predicted octanol–water partition coefficient (Wildman–Crippen LogP) is 0.645. The molecule has 5 nitrogen and oxygen atoms in total. The van der Waals surface area contributed by atoms with Gasteiger partial charge in [0, 0.05) is 19.5 Å². The van der Waals surface area contributed by atoms with E-state index in [0.29, 0.717) is 38.4 Å². The molecule has 6 heteroatoms. The summed E-state index contributed by atoms with van der Waals surface area (Å²) in [4.78, 5) is 13.9. The minimum atomic E-state index is -2.96. The Morgan fingerprint density at radius 2 is 1.95 bits per heavy atom. The molecule has 19 heavy (non-hydrogen) atoms. The third-order valence-corrected chi connectivity index (χ3v) is 5.22. The number of carbonyl (C=O) groups is 1. The van der Waals surface area contributed by atoms with E-state index in [0.717, 1.165) is 6.42 Å². The van der Waals surface area contributed by atoms with Gasteiger partial charge in [-0.05, 0) is 31.2 Å². The molecule has 1 amide bonds. The van der Waals surface area contributed by atoms with Crippen molar-refractivity contribution in [2.24, 2.45) is 17.6 Å². The summed E-state index contributed by atoms with van der Waals surface area (Å²) >= 11 is 0. The molecule has 1 rings (SSSR count). The first-order chi connectivity index (χ1) is 8.84. The van der Waals surface area contributed by atoms with E-state index in [-0.39, 0.29) is 23.3 Å². The second-order valence-corrected chi connectivity index (χ2v) is 8.13. The smallest absolute Gasteiger partial charge is 0.222 e. The van der Waals surface area contributed by atoms with Gasteiger partial charge in [0.1, 0.15) is 0 Å². The van der Waals surface area contributed by atoms with Crippen LogP contribution in [0.3, 0.4) is 0 Å². The van der Waals surface area contributed by atoms with Crippen molar-refractivity contribution < 1.29 is 13.2 Å². The molecule has 1 aliphatic heterocycles. The van der Waals surface area contributed by atoms with Gasteiger partial charge < -0.3 is 10.6 Å². The molecule has 0 aromatic rings. The number of sulfone groups is 1. The largest absolute Gasteiger partial charge is 0.342 e. The van der Waals surface area contributed by atoms with Gasteiger partial charge in [0.05, 0.1) is 11.5 Å². The highest BCUT2D eigenvalue weighted by Crippen LogP contribution is 2.16. The van der Waals surface area contributed by atoms with Gasteiger partial charge in [-0.2, -0.15) is 0 Å². The van der Waals surface area contributed by atoms with Crippen LogP contribution in [0.4, 0.5) is 0 Å². The minimum absolute atomic E-state index is 0.0493. The topological polar surface area (TPSA) is 80.5 Å². The van der Waals surface area contributed by atoms with Crippen molar-refractivity contribution in [1.82, 2.24) is 4.90 Å². The highest BCUT2D eigenvalue weighted by Gasteiger charge is 2.24. The zero-order chi connectivity index (χ0) is 14.5. The molecule has 0 aromatic carbocycles. The summed E-state index contributed by atoms with van der Waals surface area (Å²) < 4.78 is 23.0. The molecule has 1 saturated heterocycles. The molecule has 1 atom stereocenters. The molecule has 0 bridgehead atoms. The first-order valence-corrected chi connectivity index (χ1v) is 8.84. The highest BCUT2D eigenvalue weighted by atomic mass is 32.2. The summed E-state index contributed by atoms with van der Waals surface area (Å²) in [5.41, 5.74) is 5.71. The lowest BCUT2D eigenvalue weighted by Crippen LogP contribution is -2.36. The lowest BCUT2D eigenvalue weighted by atomic mass is 9.94. The van der Waals surface area contributed by atoms with Crippen LogP contribution in [0.25, 0.3) is 0 Å². The summed E-state index contributed by atoms with van der Waals surface area (Å²) in [5.74, 6) is 1.06. The fourth-order valence-electron chi connectivity index (χ4n) is 2.49. The molecule has 0 spiro atoms. The number of amides is 1. The van der Waals surface area contributed by atoms with Crippen LogP contribution in [-0.4, -0.2) is 50.4 Å². The van der Waals surface area contributed by atoms with E-state index in [1.165, 1.54) is 0 Å². The Morgan fingerprint density at radius 1 is 1.26 bits per heavy atom. The Labute approximate surface area is 116 Å². The minimum Gasteiger partial charge on any atom is -0.342 e. The van der Waals surface area contributed by atoms with E-state index >= 15 is 0 Å². The van der Waals surface area contributed by atoms with Crippen LogP contribution in [0.5, 0.6) is 0 Å². The second-order valence-electron chi connectivity index (χ2n) is 5.82. The molecule has 1 unspecified atom stereocenters.